The minimum atomic E-state index is -4.37. The molecule has 1 aromatic rings. The Balaban J connectivity index is 0.00000204. The summed E-state index contributed by atoms with van der Waals surface area (Å²) in [5.74, 6) is 0. The number of allylic oxidation sites excluding steroid dienone is 2. The van der Waals surface area contributed by atoms with Crippen molar-refractivity contribution in [1.82, 2.24) is 4.90 Å². The minimum Gasteiger partial charge on any atom is -0.444 e. The highest BCUT2D eigenvalue weighted by molar-refractivity contribution is 5.68. The number of nitrogens with zero attached hydrogens (tertiary/aromatic N) is 1. The van der Waals surface area contributed by atoms with Gasteiger partial charge in [-0.1, -0.05) is 51.1 Å². The summed E-state index contributed by atoms with van der Waals surface area (Å²) in [6.45, 7) is 12.3. The molecule has 3 nitrogen and oxygen atoms in total. The molecule has 2 rings (SSSR count). The summed E-state index contributed by atoms with van der Waals surface area (Å²) >= 11 is 0. The third-order valence-corrected chi connectivity index (χ3v) is 4.74. The molecule has 1 fully saturated rings. The Kier molecular flexibility index (Phi) is 8.79. The van der Waals surface area contributed by atoms with E-state index in [1.807, 2.05) is 53.7 Å². The van der Waals surface area contributed by atoms with Gasteiger partial charge in [0.25, 0.3) is 0 Å². The maximum absolute atomic E-state index is 13.1. The first-order valence-corrected chi connectivity index (χ1v) is 10.3. The average Bonchev–Trinajstić information content (AvgIpc) is 2.66. The Hall–Kier alpha value is -1.98. The maximum atomic E-state index is 13.1. The van der Waals surface area contributed by atoms with Crippen LogP contribution < -0.4 is 0 Å². The minimum absolute atomic E-state index is 0.375. The van der Waals surface area contributed by atoms with Gasteiger partial charge < -0.3 is 9.64 Å². The first-order valence-electron chi connectivity index (χ1n) is 10.3. The molecule has 1 aromatic carbocycles. The molecular weight excluding hydrogens is 379 g/mol. The average molecular weight is 414 g/mol. The van der Waals surface area contributed by atoms with Gasteiger partial charge in [0.1, 0.15) is 5.60 Å². The third kappa shape index (κ3) is 7.09. The molecule has 6 heteroatoms. The predicted octanol–water partition coefficient (Wildman–Crippen LogP) is 6.97. The maximum Gasteiger partial charge on any atom is 0.416 e. The van der Waals surface area contributed by atoms with Crippen molar-refractivity contribution in [2.75, 3.05) is 13.1 Å². The molecule has 0 unspecified atom stereocenters. The number of halogens is 3. The summed E-state index contributed by atoms with van der Waals surface area (Å²) in [4.78, 5) is 13.9. The van der Waals surface area contributed by atoms with E-state index in [4.69, 9.17) is 4.74 Å². The van der Waals surface area contributed by atoms with E-state index in [-0.39, 0.29) is 6.09 Å². The van der Waals surface area contributed by atoms with E-state index in [1.54, 1.807) is 11.0 Å². The van der Waals surface area contributed by atoms with Crippen molar-refractivity contribution in [3.63, 3.8) is 0 Å². The van der Waals surface area contributed by atoms with Crippen LogP contribution in [-0.2, 0) is 16.3 Å². The Morgan fingerprint density at radius 3 is 2.24 bits per heavy atom. The van der Waals surface area contributed by atoms with Gasteiger partial charge in [-0.3, -0.25) is 0 Å². The zero-order valence-electron chi connectivity index (χ0n) is 18.4. The molecule has 1 heterocycles. The van der Waals surface area contributed by atoms with E-state index in [1.165, 1.54) is 12.1 Å². The van der Waals surface area contributed by atoms with E-state index >= 15 is 0 Å². The molecule has 1 aliphatic heterocycles. The van der Waals surface area contributed by atoms with Crippen molar-refractivity contribution >= 4 is 6.09 Å². The molecule has 0 saturated carbocycles. The van der Waals surface area contributed by atoms with E-state index in [0.717, 1.165) is 12.5 Å². The number of benzene rings is 1. The van der Waals surface area contributed by atoms with E-state index in [2.05, 4.69) is 0 Å². The van der Waals surface area contributed by atoms with Crippen LogP contribution in [0.3, 0.4) is 0 Å². The molecule has 0 aromatic heterocycles. The second kappa shape index (κ2) is 10.2. The van der Waals surface area contributed by atoms with Crippen LogP contribution in [0.25, 0.3) is 0 Å². The van der Waals surface area contributed by atoms with Crippen LogP contribution in [-0.4, -0.2) is 29.7 Å². The van der Waals surface area contributed by atoms with Crippen LogP contribution in [0.5, 0.6) is 0 Å². The molecule has 0 radical (unpaired) electrons. The molecule has 29 heavy (non-hydrogen) atoms. The number of rotatable bonds is 3. The van der Waals surface area contributed by atoms with Crippen molar-refractivity contribution in [2.24, 2.45) is 0 Å². The van der Waals surface area contributed by atoms with Gasteiger partial charge in [0.15, 0.2) is 0 Å². The zero-order valence-corrected chi connectivity index (χ0v) is 18.4. The van der Waals surface area contributed by atoms with Crippen molar-refractivity contribution in [1.29, 1.82) is 0 Å². The predicted molar refractivity (Wildman–Crippen MR) is 111 cm³/mol. The lowest BCUT2D eigenvalue weighted by Crippen LogP contribution is -2.46. The summed E-state index contributed by atoms with van der Waals surface area (Å²) in [6.07, 6.45) is 1.17. The molecule has 0 bridgehead atoms. The number of piperidine rings is 1. The van der Waals surface area contributed by atoms with Gasteiger partial charge in [0.2, 0.25) is 0 Å². The second-order valence-electron chi connectivity index (χ2n) is 8.01. The smallest absolute Gasteiger partial charge is 0.416 e. The SMILES string of the molecule is CC.CC/C=C/C1(c2cccc(C(F)(F)F)c2)CCN(C(=O)OC(C)(C)C)CC1. The topological polar surface area (TPSA) is 29.5 Å². The first kappa shape index (κ1) is 25.1. The highest BCUT2D eigenvalue weighted by Crippen LogP contribution is 2.40. The van der Waals surface area contributed by atoms with Crippen molar-refractivity contribution in [3.8, 4) is 0 Å². The number of carbonyl (C=O) groups is 1. The summed E-state index contributed by atoms with van der Waals surface area (Å²) in [7, 11) is 0. The number of carbonyl (C=O) groups excluding carboxylic acids is 1. The second-order valence-corrected chi connectivity index (χ2v) is 8.01. The van der Waals surface area contributed by atoms with Gasteiger partial charge in [-0.2, -0.15) is 13.2 Å². The van der Waals surface area contributed by atoms with Gasteiger partial charge in [0.05, 0.1) is 5.56 Å². The number of hydrogen-bond acceptors (Lipinski definition) is 2. The van der Waals surface area contributed by atoms with Crippen LogP contribution in [0, 0.1) is 0 Å². The lowest BCUT2D eigenvalue weighted by molar-refractivity contribution is -0.137. The van der Waals surface area contributed by atoms with Gasteiger partial charge in [-0.05, 0) is 51.7 Å². The Morgan fingerprint density at radius 2 is 1.76 bits per heavy atom. The van der Waals surface area contributed by atoms with Crippen LogP contribution in [0.2, 0.25) is 0 Å². The quantitative estimate of drug-likeness (QED) is 0.501. The number of ether oxygens (including phenoxy) is 1. The third-order valence-electron chi connectivity index (χ3n) is 4.74. The van der Waals surface area contributed by atoms with E-state index < -0.39 is 22.8 Å². The fraction of sp³-hybridized carbons (Fsp3) is 0.609. The molecule has 0 aliphatic carbocycles. The Labute approximate surface area is 172 Å². The van der Waals surface area contributed by atoms with Gasteiger partial charge >= 0.3 is 12.3 Å². The fourth-order valence-electron chi connectivity index (χ4n) is 3.32. The summed E-state index contributed by atoms with van der Waals surface area (Å²) in [5, 5.41) is 0. The number of hydrogen-bond donors (Lipinski definition) is 0. The van der Waals surface area contributed by atoms with Crippen LogP contribution in [0.1, 0.15) is 71.9 Å². The molecule has 0 spiro atoms. The van der Waals surface area contributed by atoms with Crippen LogP contribution >= 0.6 is 0 Å². The van der Waals surface area contributed by atoms with E-state index in [9.17, 15) is 18.0 Å². The highest BCUT2D eigenvalue weighted by atomic mass is 19.4. The largest absolute Gasteiger partial charge is 0.444 e. The number of likely N-dealkylation sites (tertiary alicyclic amines) is 1. The molecule has 164 valence electrons. The normalized spacial score (nSPS) is 16.9. The van der Waals surface area contributed by atoms with Crippen molar-refractivity contribution in [3.05, 3.63) is 47.5 Å². The van der Waals surface area contributed by atoms with Gasteiger partial charge in [-0.15, -0.1) is 0 Å². The molecule has 0 atom stereocenters. The van der Waals surface area contributed by atoms with Gasteiger partial charge in [-0.25, -0.2) is 4.79 Å². The summed E-state index contributed by atoms with van der Waals surface area (Å²) in [5.41, 5.74) is -1.07. The fourth-order valence-corrected chi connectivity index (χ4v) is 3.32. The summed E-state index contributed by atoms with van der Waals surface area (Å²) < 4.78 is 44.9. The lowest BCUT2D eigenvalue weighted by atomic mass is 9.72. The Morgan fingerprint density at radius 1 is 1.17 bits per heavy atom. The van der Waals surface area contributed by atoms with E-state index in [0.29, 0.717) is 31.5 Å². The van der Waals surface area contributed by atoms with Crippen molar-refractivity contribution in [2.45, 2.75) is 78.0 Å². The standard InChI is InChI=1S/C21H28F3NO2.C2H6/c1-5-6-10-20(16-8-7-9-17(15-16)21(22,23)24)11-13-25(14-12-20)18(26)27-19(2,3)4;1-2/h6-10,15H,5,11-14H2,1-4H3;1-2H3/b10-6+;. The first-order chi connectivity index (χ1) is 13.5. The summed E-state index contributed by atoms with van der Waals surface area (Å²) in [6, 6.07) is 5.54. The zero-order chi connectivity index (χ0) is 22.3. The van der Waals surface area contributed by atoms with Crippen molar-refractivity contribution < 1.29 is 22.7 Å². The van der Waals surface area contributed by atoms with Gasteiger partial charge in [0, 0.05) is 18.5 Å². The highest BCUT2D eigenvalue weighted by Gasteiger charge is 2.38. The monoisotopic (exact) mass is 413 g/mol. The molecular formula is C23H34F3NO2. The molecule has 1 amide bonds. The number of amides is 1. The number of alkyl halides is 3. The molecule has 1 aliphatic rings. The Bertz CT molecular complexity index is 682. The molecule has 1 saturated heterocycles. The lowest BCUT2D eigenvalue weighted by Gasteiger charge is -2.41. The molecule has 0 N–H and O–H groups in total. The van der Waals surface area contributed by atoms with Crippen LogP contribution in [0.4, 0.5) is 18.0 Å². The van der Waals surface area contributed by atoms with Crippen LogP contribution in [0.15, 0.2) is 36.4 Å².